The highest BCUT2D eigenvalue weighted by atomic mass is 16.5. The number of hydrogen-bond donors (Lipinski definition) is 0. The van der Waals surface area contributed by atoms with E-state index in [1.807, 2.05) is 6.08 Å². The first-order chi connectivity index (χ1) is 7.61. The minimum atomic E-state index is -0.515. The summed E-state index contributed by atoms with van der Waals surface area (Å²) < 4.78 is 4.62. The molecule has 0 N–H and O–H groups in total. The van der Waals surface area contributed by atoms with Crippen molar-refractivity contribution in [3.05, 3.63) is 23.8 Å². The molecular formula is C13H16O3. The number of carbonyl (C=O) groups is 2. The van der Waals surface area contributed by atoms with Crippen LogP contribution in [0.15, 0.2) is 23.8 Å². The minimum Gasteiger partial charge on any atom is -0.465 e. The van der Waals surface area contributed by atoms with E-state index in [2.05, 4.69) is 16.9 Å². The lowest BCUT2D eigenvalue weighted by Crippen LogP contribution is -2.15. The lowest BCUT2D eigenvalue weighted by atomic mass is 9.91. The van der Waals surface area contributed by atoms with Gasteiger partial charge in [0.1, 0.15) is 0 Å². The fraction of sp³-hybridized carbons (Fsp3) is 0.538. The summed E-state index contributed by atoms with van der Waals surface area (Å²) in [4.78, 5) is 22.8. The van der Waals surface area contributed by atoms with Crippen molar-refractivity contribution >= 4 is 11.8 Å². The Kier molecular flexibility index (Phi) is 2.95. The van der Waals surface area contributed by atoms with Crippen LogP contribution in [-0.4, -0.2) is 18.9 Å². The monoisotopic (exact) mass is 220 g/mol. The Morgan fingerprint density at radius 1 is 1.31 bits per heavy atom. The van der Waals surface area contributed by atoms with Gasteiger partial charge in [0.15, 0.2) is 5.78 Å². The Labute approximate surface area is 95.2 Å². The zero-order valence-corrected chi connectivity index (χ0v) is 9.60. The maximum atomic E-state index is 11.4. The molecule has 0 spiro atoms. The van der Waals surface area contributed by atoms with Crippen LogP contribution in [0.1, 0.15) is 19.8 Å². The number of methoxy groups -OCH3 is 1. The number of esters is 1. The molecular weight excluding hydrogens is 204 g/mol. The highest BCUT2D eigenvalue weighted by Gasteiger charge is 2.35. The lowest BCUT2D eigenvalue weighted by Gasteiger charge is -2.14. The van der Waals surface area contributed by atoms with Crippen LogP contribution in [0, 0.1) is 17.8 Å². The van der Waals surface area contributed by atoms with E-state index in [-0.39, 0.29) is 11.4 Å². The molecule has 0 saturated heterocycles. The zero-order valence-electron chi connectivity index (χ0n) is 9.60. The fourth-order valence-corrected chi connectivity index (χ4v) is 2.67. The standard InChI is InChI=1S/C13H16O3/c1-8(14)12(13(15)16-2)7-11-6-9-3-4-10(11)5-9/h3-4,7,9-11H,5-6H2,1-2H3/b12-7-/t9-,10+,11-/m1/s1. The van der Waals surface area contributed by atoms with Crippen LogP contribution < -0.4 is 0 Å². The molecule has 2 aliphatic carbocycles. The predicted molar refractivity (Wildman–Crippen MR) is 59.6 cm³/mol. The average molecular weight is 220 g/mol. The van der Waals surface area contributed by atoms with Gasteiger partial charge in [-0.15, -0.1) is 0 Å². The third kappa shape index (κ3) is 1.94. The summed E-state index contributed by atoms with van der Waals surface area (Å²) in [6.45, 7) is 1.41. The Hall–Kier alpha value is -1.38. The molecule has 0 aromatic carbocycles. The number of rotatable bonds is 3. The fourth-order valence-electron chi connectivity index (χ4n) is 2.67. The van der Waals surface area contributed by atoms with Crippen LogP contribution in [0.5, 0.6) is 0 Å². The first kappa shape index (κ1) is 11.1. The Morgan fingerprint density at radius 3 is 2.50 bits per heavy atom. The second kappa shape index (κ2) is 4.24. The van der Waals surface area contributed by atoms with E-state index in [0.717, 1.165) is 12.8 Å². The molecule has 86 valence electrons. The quantitative estimate of drug-likeness (QED) is 0.240. The van der Waals surface area contributed by atoms with Gasteiger partial charge in [-0.2, -0.15) is 0 Å². The normalized spacial score (nSPS) is 31.9. The van der Waals surface area contributed by atoms with Gasteiger partial charge in [0.25, 0.3) is 0 Å². The molecule has 3 nitrogen and oxygen atoms in total. The summed E-state index contributed by atoms with van der Waals surface area (Å²) in [5.74, 6) is 0.743. The van der Waals surface area contributed by atoms with Gasteiger partial charge < -0.3 is 4.74 Å². The molecule has 3 atom stereocenters. The van der Waals surface area contributed by atoms with Crippen molar-refractivity contribution in [1.82, 2.24) is 0 Å². The summed E-state index contributed by atoms with van der Waals surface area (Å²) >= 11 is 0. The number of hydrogen-bond acceptors (Lipinski definition) is 3. The number of carbonyl (C=O) groups excluding carboxylic acids is 2. The van der Waals surface area contributed by atoms with E-state index >= 15 is 0 Å². The molecule has 2 bridgehead atoms. The third-order valence-electron chi connectivity index (χ3n) is 3.50. The number of Topliss-reactive ketones (excluding diaryl/α,β-unsaturated/α-hetero) is 1. The van der Waals surface area contributed by atoms with Crippen molar-refractivity contribution in [2.45, 2.75) is 19.8 Å². The summed E-state index contributed by atoms with van der Waals surface area (Å²) in [7, 11) is 1.31. The smallest absolute Gasteiger partial charge is 0.341 e. The van der Waals surface area contributed by atoms with Gasteiger partial charge >= 0.3 is 5.97 Å². The van der Waals surface area contributed by atoms with E-state index in [1.165, 1.54) is 14.0 Å². The third-order valence-corrected chi connectivity index (χ3v) is 3.50. The first-order valence-corrected chi connectivity index (χ1v) is 5.61. The first-order valence-electron chi connectivity index (χ1n) is 5.61. The van der Waals surface area contributed by atoms with Crippen LogP contribution in [0.25, 0.3) is 0 Å². The second-order valence-electron chi connectivity index (χ2n) is 4.57. The van der Waals surface area contributed by atoms with E-state index in [0.29, 0.717) is 17.8 Å². The lowest BCUT2D eigenvalue weighted by molar-refractivity contribution is -0.137. The topological polar surface area (TPSA) is 43.4 Å². The van der Waals surface area contributed by atoms with E-state index in [1.54, 1.807) is 0 Å². The van der Waals surface area contributed by atoms with Crippen LogP contribution in [0.4, 0.5) is 0 Å². The zero-order chi connectivity index (χ0) is 11.7. The molecule has 2 aliphatic rings. The summed E-state index contributed by atoms with van der Waals surface area (Å²) in [5, 5.41) is 0. The molecule has 0 amide bonds. The van der Waals surface area contributed by atoms with Gasteiger partial charge in [0.2, 0.25) is 0 Å². The highest BCUT2D eigenvalue weighted by molar-refractivity contribution is 6.16. The van der Waals surface area contributed by atoms with Crippen molar-refractivity contribution in [3.8, 4) is 0 Å². The molecule has 0 unspecified atom stereocenters. The molecule has 16 heavy (non-hydrogen) atoms. The van der Waals surface area contributed by atoms with Gasteiger partial charge in [-0.1, -0.05) is 18.2 Å². The molecule has 0 aliphatic heterocycles. The van der Waals surface area contributed by atoms with Crippen LogP contribution in [0.2, 0.25) is 0 Å². The minimum absolute atomic E-state index is 0.202. The Morgan fingerprint density at radius 2 is 2.06 bits per heavy atom. The van der Waals surface area contributed by atoms with Gasteiger partial charge in [-0.25, -0.2) is 4.79 Å². The number of ketones is 1. The van der Waals surface area contributed by atoms with Crippen molar-refractivity contribution in [2.24, 2.45) is 17.8 Å². The summed E-state index contributed by atoms with van der Waals surface area (Å²) in [6, 6.07) is 0. The molecule has 0 aromatic rings. The Bertz CT molecular complexity index is 379. The van der Waals surface area contributed by atoms with Crippen LogP contribution >= 0.6 is 0 Å². The van der Waals surface area contributed by atoms with Crippen LogP contribution in [-0.2, 0) is 14.3 Å². The molecule has 0 heterocycles. The van der Waals surface area contributed by atoms with Crippen molar-refractivity contribution in [2.75, 3.05) is 7.11 Å². The molecule has 3 heteroatoms. The maximum absolute atomic E-state index is 11.4. The predicted octanol–water partition coefficient (Wildman–Crippen LogP) is 1.89. The number of allylic oxidation sites excluding steroid dienone is 3. The average Bonchev–Trinajstić information content (AvgIpc) is 2.86. The maximum Gasteiger partial charge on any atom is 0.341 e. The molecule has 1 fully saturated rings. The van der Waals surface area contributed by atoms with Crippen LogP contribution in [0.3, 0.4) is 0 Å². The highest BCUT2D eigenvalue weighted by Crippen LogP contribution is 2.44. The molecule has 1 saturated carbocycles. The van der Waals surface area contributed by atoms with Gasteiger partial charge in [0.05, 0.1) is 12.7 Å². The second-order valence-corrected chi connectivity index (χ2v) is 4.57. The number of ether oxygens (including phenoxy) is 1. The summed E-state index contributed by atoms with van der Waals surface area (Å²) in [5.41, 5.74) is 0.202. The van der Waals surface area contributed by atoms with Gasteiger partial charge in [-0.05, 0) is 37.5 Å². The van der Waals surface area contributed by atoms with Crippen molar-refractivity contribution in [3.63, 3.8) is 0 Å². The van der Waals surface area contributed by atoms with E-state index in [9.17, 15) is 9.59 Å². The van der Waals surface area contributed by atoms with Gasteiger partial charge in [-0.3, -0.25) is 4.79 Å². The Balaban J connectivity index is 2.17. The van der Waals surface area contributed by atoms with Gasteiger partial charge in [0, 0.05) is 0 Å². The molecule has 0 aromatic heterocycles. The van der Waals surface area contributed by atoms with E-state index < -0.39 is 5.97 Å². The summed E-state index contributed by atoms with van der Waals surface area (Å²) in [6.07, 6.45) is 8.45. The van der Waals surface area contributed by atoms with Crippen molar-refractivity contribution in [1.29, 1.82) is 0 Å². The van der Waals surface area contributed by atoms with Crippen molar-refractivity contribution < 1.29 is 14.3 Å². The molecule has 0 radical (unpaired) electrons. The molecule has 2 rings (SSSR count). The SMILES string of the molecule is COC(=O)/C(=C\[C@H]1C[C@@H]2C=C[C@H]1C2)C(C)=O. The van der Waals surface area contributed by atoms with E-state index in [4.69, 9.17) is 0 Å². The largest absolute Gasteiger partial charge is 0.465 e. The number of fused-ring (bicyclic) bond motifs is 2.